The fourth-order valence-corrected chi connectivity index (χ4v) is 1.34. The largest absolute Gasteiger partial charge is 0.508 e. The number of aromatic hydroxyl groups is 1. The molecule has 82 valence electrons. The van der Waals surface area contributed by atoms with Gasteiger partial charge < -0.3 is 9.84 Å². The summed E-state index contributed by atoms with van der Waals surface area (Å²) < 4.78 is 18.6. The third-order valence-electron chi connectivity index (χ3n) is 2.15. The number of halogens is 1. The Kier molecular flexibility index (Phi) is 3.05. The van der Waals surface area contributed by atoms with Crippen LogP contribution in [0.25, 0.3) is 0 Å². The maximum atomic E-state index is 13.3. The predicted molar refractivity (Wildman–Crippen MR) is 58.8 cm³/mol. The number of benzene rings is 2. The molecule has 0 saturated carbocycles. The van der Waals surface area contributed by atoms with Gasteiger partial charge in [-0.1, -0.05) is 30.3 Å². The molecular formula is C13H11FO2. The van der Waals surface area contributed by atoms with Crippen molar-refractivity contribution < 1.29 is 14.2 Å². The minimum absolute atomic E-state index is 0.107. The number of ether oxygens (including phenoxy) is 1. The molecule has 3 heteroatoms. The van der Waals surface area contributed by atoms with Crippen LogP contribution in [0.5, 0.6) is 11.5 Å². The highest BCUT2D eigenvalue weighted by Gasteiger charge is 2.04. The molecule has 0 heterocycles. The molecule has 2 aromatic rings. The first-order valence-corrected chi connectivity index (χ1v) is 4.91. The van der Waals surface area contributed by atoms with Crippen molar-refractivity contribution in [1.29, 1.82) is 0 Å². The first-order chi connectivity index (χ1) is 7.75. The van der Waals surface area contributed by atoms with Gasteiger partial charge in [0.15, 0.2) is 11.6 Å². The Morgan fingerprint density at radius 3 is 2.50 bits per heavy atom. The molecule has 1 N–H and O–H groups in total. The molecule has 0 radical (unpaired) electrons. The average molecular weight is 218 g/mol. The van der Waals surface area contributed by atoms with Gasteiger partial charge >= 0.3 is 0 Å². The van der Waals surface area contributed by atoms with Crippen molar-refractivity contribution in [3.63, 3.8) is 0 Å². The summed E-state index contributed by atoms with van der Waals surface area (Å²) in [6.07, 6.45) is 0. The lowest BCUT2D eigenvalue weighted by atomic mass is 10.2. The van der Waals surface area contributed by atoms with Crippen molar-refractivity contribution >= 4 is 0 Å². The van der Waals surface area contributed by atoms with Gasteiger partial charge in [0.1, 0.15) is 12.4 Å². The number of hydrogen-bond donors (Lipinski definition) is 1. The molecule has 0 amide bonds. The van der Waals surface area contributed by atoms with Crippen LogP contribution in [0.2, 0.25) is 0 Å². The van der Waals surface area contributed by atoms with Crippen molar-refractivity contribution in [1.82, 2.24) is 0 Å². The summed E-state index contributed by atoms with van der Waals surface area (Å²) in [6.45, 7) is 0.308. The van der Waals surface area contributed by atoms with Crippen LogP contribution in [0.1, 0.15) is 5.56 Å². The Morgan fingerprint density at radius 2 is 1.81 bits per heavy atom. The Balaban J connectivity index is 2.05. The fraction of sp³-hybridized carbons (Fsp3) is 0.0769. The van der Waals surface area contributed by atoms with Gasteiger partial charge in [-0.2, -0.15) is 0 Å². The van der Waals surface area contributed by atoms with Gasteiger partial charge in [0.25, 0.3) is 0 Å². The van der Waals surface area contributed by atoms with Gasteiger partial charge in [0.2, 0.25) is 0 Å². The number of phenolic OH excluding ortho intramolecular Hbond substituents is 1. The van der Waals surface area contributed by atoms with E-state index in [-0.39, 0.29) is 11.5 Å². The molecule has 0 aromatic heterocycles. The third kappa shape index (κ3) is 2.51. The van der Waals surface area contributed by atoms with E-state index >= 15 is 0 Å². The van der Waals surface area contributed by atoms with E-state index in [1.54, 1.807) is 0 Å². The highest BCUT2D eigenvalue weighted by atomic mass is 19.1. The average Bonchev–Trinajstić information content (AvgIpc) is 2.29. The van der Waals surface area contributed by atoms with Gasteiger partial charge in [-0.25, -0.2) is 4.39 Å². The standard InChI is InChI=1S/C13H11FO2/c14-12-8-11(15)6-7-13(12)16-9-10-4-2-1-3-5-10/h1-8,15H,9H2. The molecule has 0 unspecified atom stereocenters. The second kappa shape index (κ2) is 4.66. The Labute approximate surface area is 92.9 Å². The molecule has 0 aliphatic rings. The molecule has 0 spiro atoms. The van der Waals surface area contributed by atoms with Crippen molar-refractivity contribution in [2.75, 3.05) is 0 Å². The van der Waals surface area contributed by atoms with Crippen LogP contribution >= 0.6 is 0 Å². The number of rotatable bonds is 3. The summed E-state index contributed by atoms with van der Waals surface area (Å²) >= 11 is 0. The quantitative estimate of drug-likeness (QED) is 0.857. The fourth-order valence-electron chi connectivity index (χ4n) is 1.34. The van der Waals surface area contributed by atoms with Crippen molar-refractivity contribution in [2.24, 2.45) is 0 Å². The lowest BCUT2D eigenvalue weighted by Gasteiger charge is -2.07. The van der Waals surface area contributed by atoms with Crippen LogP contribution in [0.15, 0.2) is 48.5 Å². The highest BCUT2D eigenvalue weighted by Crippen LogP contribution is 2.22. The molecule has 2 nitrogen and oxygen atoms in total. The minimum atomic E-state index is -0.559. The van der Waals surface area contributed by atoms with E-state index < -0.39 is 5.82 Å². The van der Waals surface area contributed by atoms with Crippen LogP contribution in [-0.2, 0) is 6.61 Å². The van der Waals surface area contributed by atoms with Crippen molar-refractivity contribution in [3.05, 3.63) is 59.9 Å². The van der Waals surface area contributed by atoms with Gasteiger partial charge in [-0.05, 0) is 17.7 Å². The summed E-state index contributed by atoms with van der Waals surface area (Å²) in [5.41, 5.74) is 0.968. The van der Waals surface area contributed by atoms with Gasteiger partial charge in [0, 0.05) is 6.07 Å². The molecule has 2 rings (SSSR count). The normalized spacial score (nSPS) is 10.1. The molecule has 0 fully saturated rings. The first-order valence-electron chi connectivity index (χ1n) is 4.91. The minimum Gasteiger partial charge on any atom is -0.508 e. The Hall–Kier alpha value is -2.03. The van der Waals surface area contributed by atoms with Gasteiger partial charge in [-0.15, -0.1) is 0 Å². The maximum absolute atomic E-state index is 13.3. The SMILES string of the molecule is Oc1ccc(OCc2ccccc2)c(F)c1. The van der Waals surface area contributed by atoms with Crippen LogP contribution in [0.3, 0.4) is 0 Å². The maximum Gasteiger partial charge on any atom is 0.168 e. The van der Waals surface area contributed by atoms with E-state index in [9.17, 15) is 4.39 Å². The molecular weight excluding hydrogens is 207 g/mol. The zero-order valence-corrected chi connectivity index (χ0v) is 8.56. The molecule has 0 aliphatic carbocycles. The van der Waals surface area contributed by atoms with Gasteiger partial charge in [-0.3, -0.25) is 0 Å². The zero-order valence-electron chi connectivity index (χ0n) is 8.56. The van der Waals surface area contributed by atoms with Crippen molar-refractivity contribution in [3.8, 4) is 11.5 Å². The van der Waals surface area contributed by atoms with Crippen LogP contribution < -0.4 is 4.74 Å². The summed E-state index contributed by atoms with van der Waals surface area (Å²) in [5.74, 6) is -0.526. The lowest BCUT2D eigenvalue weighted by molar-refractivity contribution is 0.289. The monoisotopic (exact) mass is 218 g/mol. The Bertz CT molecular complexity index is 469. The van der Waals surface area contributed by atoms with E-state index in [0.29, 0.717) is 6.61 Å². The lowest BCUT2D eigenvalue weighted by Crippen LogP contribution is -1.96. The molecule has 0 atom stereocenters. The smallest absolute Gasteiger partial charge is 0.168 e. The van der Waals surface area contributed by atoms with E-state index in [2.05, 4.69) is 0 Å². The second-order valence-corrected chi connectivity index (χ2v) is 3.39. The Morgan fingerprint density at radius 1 is 1.06 bits per heavy atom. The van der Waals surface area contributed by atoms with Crippen LogP contribution in [0, 0.1) is 5.82 Å². The van der Waals surface area contributed by atoms with Crippen LogP contribution in [-0.4, -0.2) is 5.11 Å². The zero-order chi connectivity index (χ0) is 11.4. The van der Waals surface area contributed by atoms with E-state index in [0.717, 1.165) is 11.6 Å². The molecule has 0 saturated heterocycles. The first kappa shape index (κ1) is 10.5. The van der Waals surface area contributed by atoms with E-state index in [1.807, 2.05) is 30.3 Å². The predicted octanol–water partition coefficient (Wildman–Crippen LogP) is 3.11. The topological polar surface area (TPSA) is 29.5 Å². The second-order valence-electron chi connectivity index (χ2n) is 3.39. The van der Waals surface area contributed by atoms with E-state index in [1.165, 1.54) is 12.1 Å². The van der Waals surface area contributed by atoms with Crippen molar-refractivity contribution in [2.45, 2.75) is 6.61 Å². The van der Waals surface area contributed by atoms with E-state index in [4.69, 9.17) is 9.84 Å². The van der Waals surface area contributed by atoms with Crippen LogP contribution in [0.4, 0.5) is 4.39 Å². The highest BCUT2D eigenvalue weighted by molar-refractivity contribution is 5.32. The van der Waals surface area contributed by atoms with Gasteiger partial charge in [0.05, 0.1) is 0 Å². The number of hydrogen-bond acceptors (Lipinski definition) is 2. The summed E-state index contributed by atoms with van der Waals surface area (Å²) in [4.78, 5) is 0. The third-order valence-corrected chi connectivity index (χ3v) is 2.15. The summed E-state index contributed by atoms with van der Waals surface area (Å²) in [5, 5.41) is 9.03. The summed E-state index contributed by atoms with van der Waals surface area (Å²) in [6, 6.07) is 13.3. The molecule has 16 heavy (non-hydrogen) atoms. The molecule has 0 bridgehead atoms. The molecule has 0 aliphatic heterocycles. The molecule has 2 aromatic carbocycles. The number of phenols is 1. The summed E-state index contributed by atoms with van der Waals surface area (Å²) in [7, 11) is 0.